The lowest BCUT2D eigenvalue weighted by Gasteiger charge is -2.23. The average molecular weight is 373 g/mol. The summed E-state index contributed by atoms with van der Waals surface area (Å²) in [4.78, 5) is 17.3. The Morgan fingerprint density at radius 3 is 2.70 bits per heavy atom. The number of carbonyl (C=O) groups excluding carboxylic acids is 1. The van der Waals surface area contributed by atoms with E-state index in [0.717, 1.165) is 52.3 Å². The van der Waals surface area contributed by atoms with E-state index in [2.05, 4.69) is 27.0 Å². The maximum atomic E-state index is 10.9. The van der Waals surface area contributed by atoms with Crippen LogP contribution < -0.4 is 4.74 Å². The molecule has 0 aliphatic carbocycles. The van der Waals surface area contributed by atoms with Crippen LogP contribution in [-0.2, 0) is 4.79 Å². The number of halogens is 1. The van der Waals surface area contributed by atoms with Crippen LogP contribution in [0.5, 0.6) is 11.5 Å². The summed E-state index contributed by atoms with van der Waals surface area (Å²) in [7, 11) is 0. The topological polar surface area (TPSA) is 42.4 Å². The molecule has 23 heavy (non-hydrogen) atoms. The van der Waals surface area contributed by atoms with Crippen LogP contribution in [0.3, 0.4) is 0 Å². The van der Waals surface area contributed by atoms with E-state index in [1.165, 1.54) is 0 Å². The van der Waals surface area contributed by atoms with E-state index in [9.17, 15) is 4.79 Å². The Kier molecular flexibility index (Phi) is 4.76. The molecule has 1 aliphatic rings. The highest BCUT2D eigenvalue weighted by atomic mass is 79.9. The number of amides is 1. The Morgan fingerprint density at radius 1 is 1.22 bits per heavy atom. The Hall–Kier alpha value is -2.14. The molecule has 0 N–H and O–H groups in total. The number of pyridine rings is 1. The number of rotatable bonds is 4. The number of aromatic nitrogens is 1. The van der Waals surface area contributed by atoms with Gasteiger partial charge >= 0.3 is 0 Å². The number of ether oxygens (including phenoxy) is 1. The SMILES string of the molecule is Cc1nc(C2=CCCN(C=O)C2)ccc1Oc1ccc(Br)cc1. The number of hydrogen-bond donors (Lipinski definition) is 0. The molecular formula is C18H17BrN2O2. The van der Waals surface area contributed by atoms with Crippen molar-refractivity contribution in [3.63, 3.8) is 0 Å². The summed E-state index contributed by atoms with van der Waals surface area (Å²) >= 11 is 3.41. The molecule has 118 valence electrons. The number of benzene rings is 1. The minimum atomic E-state index is 0.614. The predicted octanol–water partition coefficient (Wildman–Crippen LogP) is 4.19. The fraction of sp³-hybridized carbons (Fsp3) is 0.222. The van der Waals surface area contributed by atoms with Crippen LogP contribution in [0.2, 0.25) is 0 Å². The van der Waals surface area contributed by atoms with Crippen molar-refractivity contribution in [1.82, 2.24) is 9.88 Å². The Labute approximate surface area is 143 Å². The van der Waals surface area contributed by atoms with Gasteiger partial charge in [0.2, 0.25) is 6.41 Å². The second-order valence-electron chi connectivity index (χ2n) is 5.43. The van der Waals surface area contributed by atoms with Crippen LogP contribution in [-0.4, -0.2) is 29.4 Å². The third-order valence-electron chi connectivity index (χ3n) is 3.74. The van der Waals surface area contributed by atoms with E-state index in [0.29, 0.717) is 6.54 Å². The number of nitrogens with zero attached hydrogens (tertiary/aromatic N) is 2. The standard InChI is InChI=1S/C18H17BrN2O2/c1-13-18(23-16-6-4-15(19)5-7-16)9-8-17(20-13)14-3-2-10-21(11-14)12-22/h3-9,12H,2,10-11H2,1H3. The monoisotopic (exact) mass is 372 g/mol. The van der Waals surface area contributed by atoms with Gasteiger partial charge in [0.25, 0.3) is 0 Å². The van der Waals surface area contributed by atoms with Crippen molar-refractivity contribution >= 4 is 27.9 Å². The summed E-state index contributed by atoms with van der Waals surface area (Å²) in [5.41, 5.74) is 2.81. The van der Waals surface area contributed by atoms with Crippen molar-refractivity contribution in [3.8, 4) is 11.5 Å². The van der Waals surface area contributed by atoms with Crippen LogP contribution in [0.15, 0.2) is 46.9 Å². The van der Waals surface area contributed by atoms with E-state index in [1.807, 2.05) is 43.3 Å². The first-order valence-corrected chi connectivity index (χ1v) is 8.25. The molecule has 0 spiro atoms. The summed E-state index contributed by atoms with van der Waals surface area (Å²) in [6.45, 7) is 3.32. The van der Waals surface area contributed by atoms with Crippen molar-refractivity contribution in [2.24, 2.45) is 0 Å². The van der Waals surface area contributed by atoms with Gasteiger partial charge in [-0.2, -0.15) is 0 Å². The smallest absolute Gasteiger partial charge is 0.210 e. The second-order valence-corrected chi connectivity index (χ2v) is 6.35. The minimum Gasteiger partial charge on any atom is -0.455 e. The molecule has 0 unspecified atom stereocenters. The molecule has 0 radical (unpaired) electrons. The zero-order valence-corrected chi connectivity index (χ0v) is 14.4. The minimum absolute atomic E-state index is 0.614. The largest absolute Gasteiger partial charge is 0.455 e. The van der Waals surface area contributed by atoms with Gasteiger partial charge in [0.05, 0.1) is 11.4 Å². The Bertz CT molecular complexity index is 741. The van der Waals surface area contributed by atoms with Gasteiger partial charge in [-0.3, -0.25) is 4.79 Å². The summed E-state index contributed by atoms with van der Waals surface area (Å²) in [6, 6.07) is 11.6. The molecule has 5 heteroatoms. The van der Waals surface area contributed by atoms with Crippen molar-refractivity contribution in [1.29, 1.82) is 0 Å². The molecule has 3 rings (SSSR count). The van der Waals surface area contributed by atoms with Gasteiger partial charge in [0.1, 0.15) is 11.5 Å². The Balaban J connectivity index is 1.79. The lowest BCUT2D eigenvalue weighted by Crippen LogP contribution is -2.28. The fourth-order valence-electron chi connectivity index (χ4n) is 2.51. The van der Waals surface area contributed by atoms with E-state index in [-0.39, 0.29) is 0 Å². The number of aryl methyl sites for hydroxylation is 1. The molecular weight excluding hydrogens is 356 g/mol. The highest BCUT2D eigenvalue weighted by molar-refractivity contribution is 9.10. The molecule has 0 bridgehead atoms. The zero-order chi connectivity index (χ0) is 16.2. The van der Waals surface area contributed by atoms with Gasteiger partial charge in [0.15, 0.2) is 0 Å². The van der Waals surface area contributed by atoms with E-state index in [4.69, 9.17) is 4.74 Å². The van der Waals surface area contributed by atoms with E-state index < -0.39 is 0 Å². The molecule has 1 amide bonds. The fourth-order valence-corrected chi connectivity index (χ4v) is 2.77. The molecule has 4 nitrogen and oxygen atoms in total. The van der Waals surface area contributed by atoms with Gasteiger partial charge in [-0.15, -0.1) is 0 Å². The van der Waals surface area contributed by atoms with Gasteiger partial charge in [-0.05, 0) is 55.3 Å². The molecule has 1 aromatic carbocycles. The quantitative estimate of drug-likeness (QED) is 0.755. The summed E-state index contributed by atoms with van der Waals surface area (Å²) in [6.07, 6.45) is 3.91. The number of hydrogen-bond acceptors (Lipinski definition) is 3. The van der Waals surface area contributed by atoms with Crippen molar-refractivity contribution in [3.05, 3.63) is 58.3 Å². The maximum Gasteiger partial charge on any atom is 0.210 e. The van der Waals surface area contributed by atoms with Crippen molar-refractivity contribution in [2.45, 2.75) is 13.3 Å². The van der Waals surface area contributed by atoms with Gasteiger partial charge in [-0.25, -0.2) is 4.98 Å². The van der Waals surface area contributed by atoms with Crippen LogP contribution in [0.4, 0.5) is 0 Å². The Morgan fingerprint density at radius 2 is 2.00 bits per heavy atom. The maximum absolute atomic E-state index is 10.9. The van der Waals surface area contributed by atoms with Gasteiger partial charge < -0.3 is 9.64 Å². The molecule has 1 aliphatic heterocycles. The normalized spacial score (nSPS) is 14.3. The number of carbonyl (C=O) groups is 1. The van der Waals surface area contributed by atoms with Crippen LogP contribution in [0.1, 0.15) is 17.8 Å². The molecule has 0 atom stereocenters. The molecule has 2 aromatic rings. The molecule has 0 saturated heterocycles. The second kappa shape index (κ2) is 6.96. The lowest BCUT2D eigenvalue weighted by molar-refractivity contribution is -0.117. The van der Waals surface area contributed by atoms with Crippen LogP contribution in [0, 0.1) is 6.92 Å². The van der Waals surface area contributed by atoms with Gasteiger partial charge in [0, 0.05) is 17.6 Å². The van der Waals surface area contributed by atoms with Crippen LogP contribution >= 0.6 is 15.9 Å². The zero-order valence-electron chi connectivity index (χ0n) is 12.8. The molecule has 0 saturated carbocycles. The first-order chi connectivity index (χ1) is 11.2. The summed E-state index contributed by atoms with van der Waals surface area (Å²) in [5, 5.41) is 0. The first-order valence-electron chi connectivity index (χ1n) is 7.45. The predicted molar refractivity (Wildman–Crippen MR) is 93.4 cm³/mol. The lowest BCUT2D eigenvalue weighted by atomic mass is 10.1. The van der Waals surface area contributed by atoms with Crippen molar-refractivity contribution < 1.29 is 9.53 Å². The van der Waals surface area contributed by atoms with Crippen LogP contribution in [0.25, 0.3) is 5.57 Å². The van der Waals surface area contributed by atoms with E-state index in [1.54, 1.807) is 4.90 Å². The summed E-state index contributed by atoms with van der Waals surface area (Å²) < 4.78 is 6.89. The average Bonchev–Trinajstić information content (AvgIpc) is 2.58. The summed E-state index contributed by atoms with van der Waals surface area (Å²) in [5.74, 6) is 1.51. The molecule has 1 aromatic heterocycles. The molecule has 0 fully saturated rings. The third kappa shape index (κ3) is 3.79. The van der Waals surface area contributed by atoms with E-state index >= 15 is 0 Å². The first kappa shape index (κ1) is 15.7. The van der Waals surface area contributed by atoms with Gasteiger partial charge in [-0.1, -0.05) is 22.0 Å². The third-order valence-corrected chi connectivity index (χ3v) is 4.27. The molecule has 2 heterocycles. The highest BCUT2D eigenvalue weighted by Crippen LogP contribution is 2.27. The highest BCUT2D eigenvalue weighted by Gasteiger charge is 2.14. The van der Waals surface area contributed by atoms with Crippen molar-refractivity contribution in [2.75, 3.05) is 13.1 Å².